The second kappa shape index (κ2) is 7.88. The van der Waals surface area contributed by atoms with E-state index in [-0.39, 0.29) is 41.9 Å². The zero-order valence-corrected chi connectivity index (χ0v) is 16.5. The van der Waals surface area contributed by atoms with Crippen molar-refractivity contribution >= 4 is 21.7 Å². The van der Waals surface area contributed by atoms with Gasteiger partial charge in [0.15, 0.2) is 9.84 Å². The van der Waals surface area contributed by atoms with E-state index in [4.69, 9.17) is 4.74 Å². The van der Waals surface area contributed by atoms with Gasteiger partial charge in [0.2, 0.25) is 11.8 Å². The van der Waals surface area contributed by atoms with E-state index in [1.54, 1.807) is 4.90 Å². The molecule has 2 atom stereocenters. The summed E-state index contributed by atoms with van der Waals surface area (Å²) in [4.78, 5) is 26.2. The summed E-state index contributed by atoms with van der Waals surface area (Å²) in [6.45, 7) is 4.60. The molecule has 8 heteroatoms. The van der Waals surface area contributed by atoms with Gasteiger partial charge in [0, 0.05) is 25.6 Å². The summed E-state index contributed by atoms with van der Waals surface area (Å²) < 4.78 is 28.9. The molecule has 2 heterocycles. The summed E-state index contributed by atoms with van der Waals surface area (Å²) in [7, 11) is -3.06. The molecule has 3 rings (SSSR count). The van der Waals surface area contributed by atoms with Crippen LogP contribution in [-0.4, -0.2) is 55.3 Å². The lowest BCUT2D eigenvalue weighted by atomic mass is 10.1. The minimum Gasteiger partial charge on any atom is -0.491 e. The SMILES string of the molecule is CC(C)Oc1ccc(CNC(=O)C2CC(=O)N(C3CCS(=O)(=O)C3)C2)cc1. The van der Waals surface area contributed by atoms with Gasteiger partial charge in [0.25, 0.3) is 0 Å². The molecule has 0 spiro atoms. The average Bonchev–Trinajstić information content (AvgIpc) is 3.15. The highest BCUT2D eigenvalue weighted by Gasteiger charge is 2.41. The monoisotopic (exact) mass is 394 g/mol. The van der Waals surface area contributed by atoms with E-state index in [1.165, 1.54) is 0 Å². The number of hydrogen-bond acceptors (Lipinski definition) is 5. The van der Waals surface area contributed by atoms with Crippen LogP contribution < -0.4 is 10.1 Å². The number of amides is 2. The number of benzene rings is 1. The molecule has 2 fully saturated rings. The third-order valence-electron chi connectivity index (χ3n) is 4.94. The molecule has 1 N–H and O–H groups in total. The number of carbonyl (C=O) groups excluding carboxylic acids is 2. The Labute approximate surface area is 160 Å². The number of carbonyl (C=O) groups is 2. The van der Waals surface area contributed by atoms with Crippen LogP contribution in [-0.2, 0) is 26.0 Å². The molecular weight excluding hydrogens is 368 g/mol. The lowest BCUT2D eigenvalue weighted by molar-refractivity contribution is -0.130. The Bertz CT molecular complexity index is 804. The smallest absolute Gasteiger partial charge is 0.225 e. The van der Waals surface area contributed by atoms with Crippen LogP contribution in [0.4, 0.5) is 0 Å². The lowest BCUT2D eigenvalue weighted by Crippen LogP contribution is -2.39. The van der Waals surface area contributed by atoms with Crippen molar-refractivity contribution in [2.75, 3.05) is 18.1 Å². The van der Waals surface area contributed by atoms with Crippen LogP contribution in [0.15, 0.2) is 24.3 Å². The van der Waals surface area contributed by atoms with Gasteiger partial charge in [-0.15, -0.1) is 0 Å². The van der Waals surface area contributed by atoms with Gasteiger partial charge in [0.1, 0.15) is 5.75 Å². The molecule has 0 bridgehead atoms. The van der Waals surface area contributed by atoms with Crippen LogP contribution in [0, 0.1) is 5.92 Å². The quantitative estimate of drug-likeness (QED) is 0.781. The van der Waals surface area contributed by atoms with E-state index >= 15 is 0 Å². The van der Waals surface area contributed by atoms with Gasteiger partial charge in [-0.1, -0.05) is 12.1 Å². The van der Waals surface area contributed by atoms with Crippen molar-refractivity contribution in [2.45, 2.75) is 45.4 Å². The van der Waals surface area contributed by atoms with E-state index in [2.05, 4.69) is 5.32 Å². The van der Waals surface area contributed by atoms with E-state index < -0.39 is 15.8 Å². The minimum atomic E-state index is -3.06. The Hall–Kier alpha value is -2.09. The molecule has 7 nitrogen and oxygen atoms in total. The summed E-state index contributed by atoms with van der Waals surface area (Å²) in [5.74, 6) is 0.182. The Morgan fingerprint density at radius 1 is 1.30 bits per heavy atom. The Balaban J connectivity index is 1.51. The first kappa shape index (κ1) is 19.7. The number of hydrogen-bond donors (Lipinski definition) is 1. The molecule has 2 aliphatic heterocycles. The van der Waals surface area contributed by atoms with E-state index in [9.17, 15) is 18.0 Å². The Morgan fingerprint density at radius 2 is 2.00 bits per heavy atom. The molecule has 27 heavy (non-hydrogen) atoms. The van der Waals surface area contributed by atoms with Crippen LogP contribution in [0.25, 0.3) is 0 Å². The van der Waals surface area contributed by atoms with Crippen molar-refractivity contribution in [2.24, 2.45) is 5.92 Å². The molecule has 0 aliphatic carbocycles. The van der Waals surface area contributed by atoms with E-state index in [0.29, 0.717) is 19.5 Å². The van der Waals surface area contributed by atoms with Crippen molar-refractivity contribution in [3.63, 3.8) is 0 Å². The van der Waals surface area contributed by atoms with Crippen LogP contribution in [0.5, 0.6) is 5.75 Å². The molecule has 2 amide bonds. The zero-order chi connectivity index (χ0) is 19.6. The molecule has 0 aromatic heterocycles. The number of rotatable bonds is 6. The van der Waals surface area contributed by atoms with Crippen molar-refractivity contribution in [1.29, 1.82) is 0 Å². The van der Waals surface area contributed by atoms with Gasteiger partial charge >= 0.3 is 0 Å². The topological polar surface area (TPSA) is 92.8 Å². The normalized spacial score (nSPS) is 24.4. The number of ether oxygens (including phenoxy) is 1. The zero-order valence-electron chi connectivity index (χ0n) is 15.7. The lowest BCUT2D eigenvalue weighted by Gasteiger charge is -2.22. The maximum absolute atomic E-state index is 12.4. The van der Waals surface area contributed by atoms with Crippen molar-refractivity contribution in [3.8, 4) is 5.75 Å². The fourth-order valence-electron chi connectivity index (χ4n) is 3.57. The maximum atomic E-state index is 12.4. The van der Waals surface area contributed by atoms with Crippen LogP contribution in [0.1, 0.15) is 32.3 Å². The predicted octanol–water partition coefficient (Wildman–Crippen LogP) is 1.13. The third-order valence-corrected chi connectivity index (χ3v) is 6.69. The molecule has 0 radical (unpaired) electrons. The van der Waals surface area contributed by atoms with Crippen LogP contribution in [0.3, 0.4) is 0 Å². The van der Waals surface area contributed by atoms with Gasteiger partial charge in [-0.25, -0.2) is 8.42 Å². The Kier molecular flexibility index (Phi) is 5.74. The fourth-order valence-corrected chi connectivity index (χ4v) is 5.30. The Morgan fingerprint density at radius 3 is 2.59 bits per heavy atom. The second-order valence-electron chi connectivity index (χ2n) is 7.53. The van der Waals surface area contributed by atoms with Crippen LogP contribution in [0.2, 0.25) is 0 Å². The van der Waals surface area contributed by atoms with Gasteiger partial charge < -0.3 is 15.0 Å². The summed E-state index contributed by atoms with van der Waals surface area (Å²) in [6.07, 6.45) is 0.713. The van der Waals surface area contributed by atoms with Crippen LogP contribution >= 0.6 is 0 Å². The molecular formula is C19H26N2O5S. The number of likely N-dealkylation sites (tertiary alicyclic amines) is 1. The van der Waals surface area contributed by atoms with E-state index in [1.807, 2.05) is 38.1 Å². The molecule has 0 saturated carbocycles. The molecule has 2 unspecified atom stereocenters. The summed E-state index contributed by atoms with van der Waals surface area (Å²) in [5, 5.41) is 2.87. The largest absolute Gasteiger partial charge is 0.491 e. The molecule has 2 saturated heterocycles. The van der Waals surface area contributed by atoms with Crippen molar-refractivity contribution in [1.82, 2.24) is 10.2 Å². The first-order chi connectivity index (χ1) is 12.7. The summed E-state index contributed by atoms with van der Waals surface area (Å²) >= 11 is 0. The molecule has 2 aliphatic rings. The summed E-state index contributed by atoms with van der Waals surface area (Å²) in [5.41, 5.74) is 0.947. The minimum absolute atomic E-state index is 0.0118. The molecule has 1 aromatic carbocycles. The highest BCUT2D eigenvalue weighted by Crippen LogP contribution is 2.26. The number of nitrogens with one attached hydrogen (secondary N) is 1. The first-order valence-electron chi connectivity index (χ1n) is 9.27. The van der Waals surface area contributed by atoms with Crippen molar-refractivity contribution in [3.05, 3.63) is 29.8 Å². The maximum Gasteiger partial charge on any atom is 0.225 e. The highest BCUT2D eigenvalue weighted by atomic mass is 32.2. The number of nitrogens with zero attached hydrogens (tertiary/aromatic N) is 1. The predicted molar refractivity (Wildman–Crippen MR) is 101 cm³/mol. The molecule has 148 valence electrons. The average molecular weight is 394 g/mol. The fraction of sp³-hybridized carbons (Fsp3) is 0.579. The van der Waals surface area contributed by atoms with Gasteiger partial charge in [-0.2, -0.15) is 0 Å². The summed E-state index contributed by atoms with van der Waals surface area (Å²) in [6, 6.07) is 7.24. The highest BCUT2D eigenvalue weighted by molar-refractivity contribution is 7.91. The molecule has 1 aromatic rings. The third kappa shape index (κ3) is 5.00. The number of sulfone groups is 1. The van der Waals surface area contributed by atoms with Gasteiger partial charge in [-0.3, -0.25) is 9.59 Å². The van der Waals surface area contributed by atoms with Gasteiger partial charge in [-0.05, 0) is 38.0 Å². The standard InChI is InChI=1S/C19H26N2O5S/c1-13(2)26-17-5-3-14(4-6-17)10-20-19(23)15-9-18(22)21(11-15)16-7-8-27(24,25)12-16/h3-6,13,15-16H,7-12H2,1-2H3,(H,20,23). The first-order valence-corrected chi connectivity index (χ1v) is 11.1. The second-order valence-corrected chi connectivity index (χ2v) is 9.76. The van der Waals surface area contributed by atoms with Gasteiger partial charge in [0.05, 0.1) is 23.5 Å². The van der Waals surface area contributed by atoms with E-state index in [0.717, 1.165) is 11.3 Å². The van der Waals surface area contributed by atoms with Crippen molar-refractivity contribution < 1.29 is 22.7 Å².